The summed E-state index contributed by atoms with van der Waals surface area (Å²) in [6.45, 7) is 16.4. The van der Waals surface area contributed by atoms with Crippen LogP contribution in [0.4, 0.5) is 11.4 Å². The van der Waals surface area contributed by atoms with Gasteiger partial charge in [0.25, 0.3) is 0 Å². The number of likely N-dealkylation sites (N-methyl/N-ethyl adjacent to an activating group) is 2. The number of aryl methyl sites for hydroxylation is 4. The average molecular weight is 747 g/mol. The largest absolute Gasteiger partial charge is 0.358 e. The molecule has 6 aromatic rings. The molecule has 6 radical (unpaired) electrons. The van der Waals surface area contributed by atoms with Gasteiger partial charge in [0, 0.05) is 75.5 Å². The van der Waals surface area contributed by atoms with Gasteiger partial charge in [0.15, 0.2) is 0 Å². The van der Waals surface area contributed by atoms with Gasteiger partial charge in [0.2, 0.25) is 11.8 Å². The Balaban J connectivity index is 0.000000267. The molecule has 56 heavy (non-hydrogen) atoms. The number of carbonyl (C=O) groups is 2. The van der Waals surface area contributed by atoms with Crippen molar-refractivity contribution in [3.8, 4) is 0 Å². The van der Waals surface area contributed by atoms with Gasteiger partial charge in [-0.15, -0.1) is 0 Å². The SMILES string of the molecule is CC.CC.Cc1[nH]c2cc(N(C)C(=O)C3(c4ccccc4)CCC3)ccc2c1C.Cc1[nH]c2ccc(N(C)C(=O)C3(c4ccccc4)CCC3)cc2c1C.[B].[B]. The molecule has 6 nitrogen and oxygen atoms in total. The third kappa shape index (κ3) is 8.26. The van der Waals surface area contributed by atoms with Crippen molar-refractivity contribution in [2.75, 3.05) is 23.9 Å². The van der Waals surface area contributed by atoms with Crippen molar-refractivity contribution < 1.29 is 9.59 Å². The van der Waals surface area contributed by atoms with Crippen LogP contribution in [0.25, 0.3) is 21.8 Å². The summed E-state index contributed by atoms with van der Waals surface area (Å²) in [4.78, 5) is 37.3. The Morgan fingerprint density at radius 1 is 0.518 bits per heavy atom. The number of anilines is 2. The highest BCUT2D eigenvalue weighted by Gasteiger charge is 2.48. The first-order valence-electron chi connectivity index (χ1n) is 19.9. The Labute approximate surface area is 339 Å². The Morgan fingerprint density at radius 2 is 0.911 bits per heavy atom. The summed E-state index contributed by atoms with van der Waals surface area (Å²) in [6.07, 6.45) is 5.97. The molecule has 4 aromatic carbocycles. The van der Waals surface area contributed by atoms with Crippen LogP contribution in [0.15, 0.2) is 97.1 Å². The quantitative estimate of drug-likeness (QED) is 0.167. The smallest absolute Gasteiger partial charge is 0.237 e. The number of nitrogens with zero attached hydrogens (tertiary/aromatic N) is 2. The average Bonchev–Trinajstić information content (AvgIpc) is 3.63. The molecule has 0 bridgehead atoms. The minimum absolute atomic E-state index is 0. The second-order valence-corrected chi connectivity index (χ2v) is 14.5. The molecule has 8 heteroatoms. The first-order chi connectivity index (χ1) is 26.1. The van der Waals surface area contributed by atoms with E-state index in [2.05, 4.69) is 92.3 Å². The number of amides is 2. The second-order valence-electron chi connectivity index (χ2n) is 14.5. The number of rotatable bonds is 6. The summed E-state index contributed by atoms with van der Waals surface area (Å²) in [5.74, 6) is 0.401. The number of H-pyrrole nitrogens is 2. The number of carbonyl (C=O) groups excluding carboxylic acids is 2. The molecular weight excluding hydrogens is 686 g/mol. The van der Waals surface area contributed by atoms with Crippen LogP contribution in [-0.4, -0.2) is 52.7 Å². The van der Waals surface area contributed by atoms with Crippen LogP contribution >= 0.6 is 0 Å². The predicted molar refractivity (Wildman–Crippen MR) is 241 cm³/mol. The maximum atomic E-state index is 13.4. The lowest BCUT2D eigenvalue weighted by Crippen LogP contribution is -2.50. The molecule has 2 saturated carbocycles. The van der Waals surface area contributed by atoms with Gasteiger partial charge in [0.1, 0.15) is 0 Å². The van der Waals surface area contributed by atoms with Crippen molar-refractivity contribution in [2.45, 2.75) is 105 Å². The summed E-state index contributed by atoms with van der Waals surface area (Å²) in [5.41, 5.74) is 10.6. The van der Waals surface area contributed by atoms with E-state index in [1.54, 1.807) is 0 Å². The normalized spacial score (nSPS) is 14.3. The zero-order valence-corrected chi connectivity index (χ0v) is 35.3. The number of fused-ring (bicyclic) bond motifs is 2. The molecule has 0 saturated heterocycles. The third-order valence-electron chi connectivity index (χ3n) is 11.9. The highest BCUT2D eigenvalue weighted by atomic mass is 16.2. The van der Waals surface area contributed by atoms with E-state index in [1.807, 2.05) is 94.1 Å². The number of aromatic nitrogens is 2. The molecule has 2 aliphatic rings. The maximum Gasteiger partial charge on any atom is 0.237 e. The predicted octanol–water partition coefficient (Wildman–Crippen LogP) is 11.0. The molecule has 2 N–H and O–H groups in total. The van der Waals surface area contributed by atoms with Crippen molar-refractivity contribution in [2.24, 2.45) is 0 Å². The second kappa shape index (κ2) is 19.3. The summed E-state index contributed by atoms with van der Waals surface area (Å²) < 4.78 is 0. The van der Waals surface area contributed by atoms with E-state index in [4.69, 9.17) is 0 Å². The van der Waals surface area contributed by atoms with E-state index in [9.17, 15) is 9.59 Å². The molecule has 0 atom stereocenters. The molecular formula is C48H60B2N4O2. The molecule has 2 amide bonds. The first-order valence-corrected chi connectivity index (χ1v) is 19.9. The minimum Gasteiger partial charge on any atom is -0.358 e. The van der Waals surface area contributed by atoms with Crippen molar-refractivity contribution in [3.05, 3.63) is 131 Å². The van der Waals surface area contributed by atoms with Gasteiger partial charge >= 0.3 is 0 Å². The number of benzene rings is 4. The monoisotopic (exact) mass is 746 g/mol. The maximum absolute atomic E-state index is 13.4. The van der Waals surface area contributed by atoms with Gasteiger partial charge in [-0.25, -0.2) is 0 Å². The van der Waals surface area contributed by atoms with E-state index in [0.717, 1.165) is 72.1 Å². The van der Waals surface area contributed by atoms with Crippen LogP contribution < -0.4 is 9.80 Å². The van der Waals surface area contributed by atoms with Crippen molar-refractivity contribution in [1.82, 2.24) is 9.97 Å². The van der Waals surface area contributed by atoms with Crippen LogP contribution in [-0.2, 0) is 20.4 Å². The number of aromatic amines is 2. The fourth-order valence-corrected chi connectivity index (χ4v) is 8.03. The standard InChI is InChI=1S/2C22H24N2O.2C2H6.2B/c1-15-16(2)23-20-11-10-18(14-19(15)20)24(3)21(25)22(12-7-13-22)17-8-5-4-6-9-17;1-15-16(2)23-20-14-18(10-11-19(15)20)24(3)21(25)22(12-7-13-22)17-8-5-4-6-9-17;2*1-2;;/h2*4-6,8-11,14,23H,7,12-13H2,1-3H3;2*1-2H3;;. The van der Waals surface area contributed by atoms with E-state index < -0.39 is 0 Å². The molecule has 8 rings (SSSR count). The lowest BCUT2D eigenvalue weighted by atomic mass is 9.63. The Hall–Kier alpha value is -4.97. The van der Waals surface area contributed by atoms with Gasteiger partial charge in [0.05, 0.1) is 10.8 Å². The molecule has 2 fully saturated rings. The minimum atomic E-state index is -0.355. The van der Waals surface area contributed by atoms with E-state index >= 15 is 0 Å². The molecule has 2 heterocycles. The van der Waals surface area contributed by atoms with Crippen molar-refractivity contribution >= 4 is 61.8 Å². The van der Waals surface area contributed by atoms with E-state index in [1.165, 1.54) is 33.3 Å². The lowest BCUT2D eigenvalue weighted by Gasteiger charge is -2.43. The lowest BCUT2D eigenvalue weighted by molar-refractivity contribution is -0.127. The van der Waals surface area contributed by atoms with Gasteiger partial charge in [-0.1, -0.05) is 107 Å². The molecule has 0 unspecified atom stereocenters. The Bertz CT molecular complexity index is 2200. The summed E-state index contributed by atoms with van der Waals surface area (Å²) in [5, 5.41) is 2.42. The molecule has 0 spiro atoms. The van der Waals surface area contributed by atoms with Gasteiger partial charge in [-0.2, -0.15) is 0 Å². The van der Waals surface area contributed by atoms with Gasteiger partial charge in [-0.3, -0.25) is 9.59 Å². The first kappa shape index (κ1) is 45.4. The molecule has 0 aliphatic heterocycles. The fraction of sp³-hybridized carbons (Fsp3) is 0.375. The summed E-state index contributed by atoms with van der Waals surface area (Å²) >= 11 is 0. The third-order valence-corrected chi connectivity index (χ3v) is 11.9. The number of hydrogen-bond donors (Lipinski definition) is 2. The molecule has 290 valence electrons. The zero-order valence-electron chi connectivity index (χ0n) is 35.3. The fourth-order valence-electron chi connectivity index (χ4n) is 8.03. The molecule has 2 aromatic heterocycles. The Morgan fingerprint density at radius 3 is 1.34 bits per heavy atom. The van der Waals surface area contributed by atoms with Crippen LogP contribution in [0.1, 0.15) is 99.9 Å². The van der Waals surface area contributed by atoms with Crippen LogP contribution in [0.5, 0.6) is 0 Å². The summed E-state index contributed by atoms with van der Waals surface area (Å²) in [6, 6.07) is 33.0. The molecule has 2 aliphatic carbocycles. The highest BCUT2D eigenvalue weighted by molar-refractivity contribution is 6.04. The van der Waals surface area contributed by atoms with Crippen LogP contribution in [0.3, 0.4) is 0 Å². The Kier molecular flexibility index (Phi) is 15.6. The zero-order chi connectivity index (χ0) is 39.2. The van der Waals surface area contributed by atoms with Crippen LogP contribution in [0.2, 0.25) is 0 Å². The topological polar surface area (TPSA) is 72.2 Å². The summed E-state index contributed by atoms with van der Waals surface area (Å²) in [7, 11) is 3.80. The highest BCUT2D eigenvalue weighted by Crippen LogP contribution is 2.47. The van der Waals surface area contributed by atoms with E-state index in [0.29, 0.717) is 0 Å². The van der Waals surface area contributed by atoms with Crippen molar-refractivity contribution in [1.29, 1.82) is 0 Å². The van der Waals surface area contributed by atoms with Gasteiger partial charge < -0.3 is 19.8 Å². The van der Waals surface area contributed by atoms with E-state index in [-0.39, 0.29) is 39.5 Å². The van der Waals surface area contributed by atoms with Crippen LogP contribution in [0, 0.1) is 27.7 Å². The van der Waals surface area contributed by atoms with Crippen molar-refractivity contribution in [3.63, 3.8) is 0 Å². The number of nitrogens with one attached hydrogen (secondary N) is 2. The van der Waals surface area contributed by atoms with Gasteiger partial charge in [-0.05, 0) is 106 Å². The number of hydrogen-bond acceptors (Lipinski definition) is 2.